The Labute approximate surface area is 182 Å². The van der Waals surface area contributed by atoms with E-state index in [1.165, 1.54) is 31.3 Å². The molecule has 0 saturated heterocycles. The summed E-state index contributed by atoms with van der Waals surface area (Å²) in [6, 6.07) is 9.16. The second-order valence-electron chi connectivity index (χ2n) is 6.95. The van der Waals surface area contributed by atoms with Crippen molar-refractivity contribution < 1.29 is 36.2 Å². The molecule has 0 saturated carbocycles. The highest BCUT2D eigenvalue weighted by molar-refractivity contribution is 6.34. The highest BCUT2D eigenvalue weighted by atomic mass is 35.5. The number of carbonyl (C=O) groups is 1. The average Bonchev–Trinajstić information content (AvgIpc) is 3.24. The van der Waals surface area contributed by atoms with Crippen LogP contribution in [0.4, 0.5) is 27.6 Å². The lowest BCUT2D eigenvalue weighted by Crippen LogP contribution is -2.26. The number of nitrogens with zero attached hydrogens (tertiary/aromatic N) is 2. The molecule has 0 spiro atoms. The van der Waals surface area contributed by atoms with Gasteiger partial charge in [-0.1, -0.05) is 23.7 Å². The zero-order chi connectivity index (χ0) is 23.4. The Morgan fingerprint density at radius 1 is 1.12 bits per heavy atom. The highest BCUT2D eigenvalue weighted by Crippen LogP contribution is 2.44. The third-order valence-electron chi connectivity index (χ3n) is 4.81. The number of ether oxygens (including phenoxy) is 2. The Kier molecular flexibility index (Phi) is 5.04. The van der Waals surface area contributed by atoms with Crippen molar-refractivity contribution in [3.63, 3.8) is 0 Å². The molecule has 1 aliphatic heterocycles. The number of aryl methyl sites for hydroxylation is 1. The molecule has 168 valence electrons. The van der Waals surface area contributed by atoms with Gasteiger partial charge in [0.2, 0.25) is 0 Å². The number of H-pyrrole nitrogens is 1. The zero-order valence-electron chi connectivity index (χ0n) is 16.4. The van der Waals surface area contributed by atoms with Crippen LogP contribution in [0.3, 0.4) is 0 Å². The van der Waals surface area contributed by atoms with Crippen LogP contribution in [0.15, 0.2) is 36.4 Å². The second-order valence-corrected chi connectivity index (χ2v) is 7.33. The minimum atomic E-state index is -4.78. The minimum absolute atomic E-state index is 0.0766. The molecule has 1 N–H and O–H groups in total. The van der Waals surface area contributed by atoms with Crippen molar-refractivity contribution in [2.75, 3.05) is 11.9 Å². The summed E-state index contributed by atoms with van der Waals surface area (Å²) in [5.41, 5.74) is 0.330. The Hall–Kier alpha value is -3.34. The lowest BCUT2D eigenvalue weighted by molar-refractivity contribution is -0.286. The van der Waals surface area contributed by atoms with Gasteiger partial charge in [-0.25, -0.2) is 0 Å². The van der Waals surface area contributed by atoms with Crippen LogP contribution in [0.25, 0.3) is 11.1 Å². The van der Waals surface area contributed by atoms with Gasteiger partial charge in [-0.05, 0) is 47.9 Å². The van der Waals surface area contributed by atoms with Crippen molar-refractivity contribution in [3.05, 3.63) is 58.4 Å². The van der Waals surface area contributed by atoms with E-state index in [9.17, 15) is 26.7 Å². The Morgan fingerprint density at radius 3 is 2.28 bits per heavy atom. The van der Waals surface area contributed by atoms with E-state index >= 15 is 0 Å². The number of hydrogen-bond acceptors (Lipinski definition) is 4. The Bertz CT molecular complexity index is 1210. The number of fused-ring (bicyclic) bond motifs is 1. The standard InChI is InChI=1S/C20H13ClF5N3O3/c1-9-7-13-14(32-20(25,26)31-13)8-12(9)10-3-5-11(6-4-10)29(2)18(30)16-15(21)17(28-27-16)19(22,23)24/h3-8H,1-2H3,(H,27,28). The van der Waals surface area contributed by atoms with Crippen LogP contribution in [-0.4, -0.2) is 29.4 Å². The topological polar surface area (TPSA) is 67.5 Å². The first-order valence-corrected chi connectivity index (χ1v) is 9.35. The summed E-state index contributed by atoms with van der Waals surface area (Å²) >= 11 is 5.69. The van der Waals surface area contributed by atoms with Crippen LogP contribution in [0.5, 0.6) is 11.5 Å². The number of halogens is 6. The molecule has 6 nitrogen and oxygen atoms in total. The average molecular weight is 474 g/mol. The van der Waals surface area contributed by atoms with Gasteiger partial charge in [0.25, 0.3) is 5.91 Å². The monoisotopic (exact) mass is 473 g/mol. The molecule has 0 radical (unpaired) electrons. The molecule has 3 aromatic rings. The highest BCUT2D eigenvalue weighted by Gasteiger charge is 2.43. The molecule has 32 heavy (non-hydrogen) atoms. The molecule has 1 aromatic heterocycles. The van der Waals surface area contributed by atoms with Crippen LogP contribution in [0, 0.1) is 6.92 Å². The number of benzene rings is 2. The molecule has 2 aromatic carbocycles. The normalized spacial score (nSPS) is 14.5. The summed E-state index contributed by atoms with van der Waals surface area (Å²) in [7, 11) is 1.35. The van der Waals surface area contributed by atoms with Crippen LogP contribution < -0.4 is 14.4 Å². The molecule has 2 heterocycles. The lowest BCUT2D eigenvalue weighted by Gasteiger charge is -2.17. The molecule has 0 fully saturated rings. The van der Waals surface area contributed by atoms with E-state index in [0.717, 1.165) is 4.90 Å². The van der Waals surface area contributed by atoms with E-state index in [1.807, 2.05) is 0 Å². The number of hydrogen-bond donors (Lipinski definition) is 1. The maximum Gasteiger partial charge on any atom is 0.586 e. The number of rotatable bonds is 3. The summed E-state index contributed by atoms with van der Waals surface area (Å²) in [4.78, 5) is 13.7. The lowest BCUT2D eigenvalue weighted by atomic mass is 9.99. The third kappa shape index (κ3) is 3.83. The molecule has 12 heteroatoms. The predicted molar refractivity (Wildman–Crippen MR) is 104 cm³/mol. The van der Waals surface area contributed by atoms with E-state index in [2.05, 4.69) is 14.6 Å². The fourth-order valence-electron chi connectivity index (χ4n) is 3.21. The Balaban J connectivity index is 1.59. The van der Waals surface area contributed by atoms with Crippen molar-refractivity contribution in [2.45, 2.75) is 19.4 Å². The Morgan fingerprint density at radius 2 is 1.72 bits per heavy atom. The largest absolute Gasteiger partial charge is 0.586 e. The van der Waals surface area contributed by atoms with Crippen molar-refractivity contribution in [1.82, 2.24) is 10.2 Å². The van der Waals surface area contributed by atoms with E-state index < -0.39 is 34.8 Å². The van der Waals surface area contributed by atoms with Crippen molar-refractivity contribution >= 4 is 23.2 Å². The first kappa shape index (κ1) is 21.9. The maximum atomic E-state index is 13.3. The molecule has 0 aliphatic carbocycles. The van der Waals surface area contributed by atoms with Gasteiger partial charge in [0, 0.05) is 12.7 Å². The predicted octanol–water partition coefficient (Wildman–Crippen LogP) is 5.66. The maximum absolute atomic E-state index is 13.3. The molecule has 1 amide bonds. The molecular weight excluding hydrogens is 461 g/mol. The molecule has 4 rings (SSSR count). The molecule has 0 unspecified atom stereocenters. The number of aromatic amines is 1. The van der Waals surface area contributed by atoms with E-state index in [1.54, 1.807) is 24.2 Å². The summed E-state index contributed by atoms with van der Waals surface area (Å²) in [5.74, 6) is -1.04. The van der Waals surface area contributed by atoms with Crippen LogP contribution in [0.2, 0.25) is 5.02 Å². The van der Waals surface area contributed by atoms with E-state index in [-0.39, 0.29) is 11.5 Å². The minimum Gasteiger partial charge on any atom is -0.395 e. The SMILES string of the molecule is Cc1cc2c(cc1-c1ccc(N(C)C(=O)c3n[nH]c(C(F)(F)F)c3Cl)cc1)OC(F)(F)O2. The number of aromatic nitrogens is 2. The van der Waals surface area contributed by atoms with E-state index in [0.29, 0.717) is 22.4 Å². The van der Waals surface area contributed by atoms with Crippen molar-refractivity contribution in [2.24, 2.45) is 0 Å². The summed E-state index contributed by atoms with van der Waals surface area (Å²) in [5, 5.41) is 4.31. The second kappa shape index (κ2) is 7.37. The number of carbonyl (C=O) groups excluding carboxylic acids is 1. The van der Waals surface area contributed by atoms with Gasteiger partial charge in [-0.2, -0.15) is 18.3 Å². The zero-order valence-corrected chi connectivity index (χ0v) is 17.1. The first-order valence-electron chi connectivity index (χ1n) is 8.97. The van der Waals surface area contributed by atoms with Crippen molar-refractivity contribution in [3.8, 4) is 22.6 Å². The summed E-state index contributed by atoms with van der Waals surface area (Å²) in [6.07, 6.45) is -8.52. The number of nitrogens with one attached hydrogen (secondary N) is 1. The van der Waals surface area contributed by atoms with Gasteiger partial charge in [-0.3, -0.25) is 9.89 Å². The van der Waals surface area contributed by atoms with Gasteiger partial charge in [0.15, 0.2) is 22.9 Å². The van der Waals surface area contributed by atoms with Gasteiger partial charge in [0.1, 0.15) is 5.02 Å². The van der Waals surface area contributed by atoms with Gasteiger partial charge in [-0.15, -0.1) is 8.78 Å². The van der Waals surface area contributed by atoms with Gasteiger partial charge in [0.05, 0.1) is 0 Å². The number of alkyl halides is 5. The molecular formula is C20H13ClF5N3O3. The van der Waals surface area contributed by atoms with Gasteiger partial charge >= 0.3 is 12.5 Å². The third-order valence-corrected chi connectivity index (χ3v) is 5.18. The fraction of sp³-hybridized carbons (Fsp3) is 0.200. The summed E-state index contributed by atoms with van der Waals surface area (Å²) in [6.45, 7) is 1.71. The van der Waals surface area contributed by atoms with Gasteiger partial charge < -0.3 is 14.4 Å². The molecule has 1 aliphatic rings. The molecule has 0 bridgehead atoms. The van der Waals surface area contributed by atoms with Crippen LogP contribution in [-0.2, 0) is 6.18 Å². The van der Waals surface area contributed by atoms with E-state index in [4.69, 9.17) is 11.6 Å². The quantitative estimate of drug-likeness (QED) is 0.499. The first-order chi connectivity index (χ1) is 14.9. The summed E-state index contributed by atoms with van der Waals surface area (Å²) < 4.78 is 74.1. The number of amides is 1. The smallest absolute Gasteiger partial charge is 0.395 e. The number of anilines is 1. The molecule has 0 atom stereocenters. The van der Waals surface area contributed by atoms with Crippen molar-refractivity contribution in [1.29, 1.82) is 0 Å². The fourth-order valence-corrected chi connectivity index (χ4v) is 3.48. The van der Waals surface area contributed by atoms with Crippen LogP contribution >= 0.6 is 11.6 Å². The van der Waals surface area contributed by atoms with Crippen LogP contribution in [0.1, 0.15) is 21.7 Å².